The maximum Gasteiger partial charge on any atom is 0.251 e. The number of rotatable bonds is 4. The summed E-state index contributed by atoms with van der Waals surface area (Å²) in [4.78, 5) is 12.5. The van der Waals surface area contributed by atoms with Gasteiger partial charge in [0.25, 0.3) is 5.91 Å². The number of carbonyl (C=O) groups excluding carboxylic acids is 1. The first-order valence-corrected chi connectivity index (χ1v) is 9.68. The van der Waals surface area contributed by atoms with Crippen LogP contribution in [0.25, 0.3) is 10.9 Å². The molecule has 136 valence electrons. The fourth-order valence-electron chi connectivity index (χ4n) is 2.98. The number of fused-ring (bicyclic) bond motifs is 1. The Morgan fingerprint density at radius 3 is 2.38 bits per heavy atom. The molecule has 7 heteroatoms. The molecule has 0 saturated carbocycles. The third kappa shape index (κ3) is 3.36. The van der Waals surface area contributed by atoms with Crippen LogP contribution in [0.15, 0.2) is 47.4 Å². The summed E-state index contributed by atoms with van der Waals surface area (Å²) in [5.41, 5.74) is 4.81. The molecule has 0 aliphatic heterocycles. The van der Waals surface area contributed by atoms with Crippen LogP contribution in [0.5, 0.6) is 0 Å². The van der Waals surface area contributed by atoms with Gasteiger partial charge in [-0.15, -0.1) is 0 Å². The van der Waals surface area contributed by atoms with E-state index in [0.29, 0.717) is 12.1 Å². The number of sulfonamides is 1. The molecule has 0 aliphatic rings. The van der Waals surface area contributed by atoms with Crippen molar-refractivity contribution in [2.75, 3.05) is 0 Å². The maximum absolute atomic E-state index is 12.5. The predicted octanol–water partition coefficient (Wildman–Crippen LogP) is 2.37. The van der Waals surface area contributed by atoms with Gasteiger partial charge in [-0.25, -0.2) is 13.6 Å². The van der Waals surface area contributed by atoms with Crippen LogP contribution in [-0.4, -0.2) is 18.9 Å². The molecular weight excluding hydrogens is 350 g/mol. The zero-order valence-corrected chi connectivity index (χ0v) is 15.7. The first-order chi connectivity index (χ1) is 12.2. The van der Waals surface area contributed by atoms with Gasteiger partial charge in [0.1, 0.15) is 0 Å². The van der Waals surface area contributed by atoms with Crippen molar-refractivity contribution < 1.29 is 13.2 Å². The van der Waals surface area contributed by atoms with Crippen molar-refractivity contribution in [1.29, 1.82) is 0 Å². The van der Waals surface area contributed by atoms with Crippen LogP contribution in [0.3, 0.4) is 0 Å². The summed E-state index contributed by atoms with van der Waals surface area (Å²) < 4.78 is 24.6. The minimum Gasteiger partial charge on any atom is -0.348 e. The zero-order chi connectivity index (χ0) is 19.1. The van der Waals surface area contributed by atoms with Gasteiger partial charge in [0.15, 0.2) is 0 Å². The number of aryl methyl sites for hydroxylation is 2. The number of aromatic nitrogens is 1. The molecule has 26 heavy (non-hydrogen) atoms. The summed E-state index contributed by atoms with van der Waals surface area (Å²) in [6.45, 7) is 4.40. The second-order valence-corrected chi connectivity index (χ2v) is 7.93. The smallest absolute Gasteiger partial charge is 0.251 e. The average Bonchev–Trinajstić information content (AvgIpc) is 2.83. The Labute approximate surface area is 152 Å². The molecule has 2 aromatic carbocycles. The van der Waals surface area contributed by atoms with Gasteiger partial charge in [-0.3, -0.25) is 4.79 Å². The molecule has 0 saturated heterocycles. The van der Waals surface area contributed by atoms with E-state index in [1.54, 1.807) is 18.2 Å². The molecule has 0 radical (unpaired) electrons. The number of nitrogens with zero attached hydrogens (tertiary/aromatic N) is 1. The topological polar surface area (TPSA) is 94.2 Å². The molecular formula is C19H21N3O3S. The van der Waals surface area contributed by atoms with E-state index in [9.17, 15) is 13.2 Å². The van der Waals surface area contributed by atoms with Crippen LogP contribution in [-0.2, 0) is 23.6 Å². The molecule has 3 N–H and O–H groups in total. The molecule has 1 amide bonds. The summed E-state index contributed by atoms with van der Waals surface area (Å²) >= 11 is 0. The van der Waals surface area contributed by atoms with Gasteiger partial charge in [-0.1, -0.05) is 12.1 Å². The van der Waals surface area contributed by atoms with Crippen molar-refractivity contribution in [3.05, 3.63) is 64.8 Å². The molecule has 0 unspecified atom stereocenters. The minimum atomic E-state index is -3.71. The maximum atomic E-state index is 12.5. The van der Waals surface area contributed by atoms with E-state index < -0.39 is 10.0 Å². The lowest BCUT2D eigenvalue weighted by molar-refractivity contribution is 0.0951. The molecule has 6 nitrogen and oxygen atoms in total. The van der Waals surface area contributed by atoms with Crippen molar-refractivity contribution in [2.45, 2.75) is 25.3 Å². The highest BCUT2D eigenvalue weighted by molar-refractivity contribution is 7.89. The summed E-state index contributed by atoms with van der Waals surface area (Å²) in [6.07, 6.45) is 0. The Hall–Kier alpha value is -2.64. The van der Waals surface area contributed by atoms with E-state index in [4.69, 9.17) is 5.14 Å². The quantitative estimate of drug-likeness (QED) is 0.737. The summed E-state index contributed by atoms with van der Waals surface area (Å²) in [5, 5.41) is 8.99. The van der Waals surface area contributed by atoms with Gasteiger partial charge in [0.2, 0.25) is 10.0 Å². The number of hydrogen-bond acceptors (Lipinski definition) is 3. The van der Waals surface area contributed by atoms with Gasteiger partial charge in [0, 0.05) is 35.8 Å². The van der Waals surface area contributed by atoms with Gasteiger partial charge in [0.05, 0.1) is 4.90 Å². The van der Waals surface area contributed by atoms with E-state index >= 15 is 0 Å². The van der Waals surface area contributed by atoms with Crippen molar-refractivity contribution in [1.82, 2.24) is 9.88 Å². The minimum absolute atomic E-state index is 0.0490. The van der Waals surface area contributed by atoms with Gasteiger partial charge in [-0.2, -0.15) is 0 Å². The van der Waals surface area contributed by atoms with E-state index in [1.165, 1.54) is 17.8 Å². The summed E-state index contributed by atoms with van der Waals surface area (Å²) in [6, 6.07) is 11.8. The number of nitrogens with two attached hydrogens (primary N) is 1. The second kappa shape index (κ2) is 6.59. The van der Waals surface area contributed by atoms with Crippen LogP contribution in [0.1, 0.15) is 27.2 Å². The Balaban J connectivity index is 1.76. The summed E-state index contributed by atoms with van der Waals surface area (Å²) in [7, 11) is -1.70. The average molecular weight is 371 g/mol. The number of primary sulfonamides is 1. The SMILES string of the molecule is Cc1c(C)n(C)c2ccc(C(=O)NCc3ccc(S(N)(=O)=O)cc3)cc12. The normalized spacial score (nSPS) is 11.7. The number of carbonyl (C=O) groups is 1. The highest BCUT2D eigenvalue weighted by atomic mass is 32.2. The lowest BCUT2D eigenvalue weighted by Crippen LogP contribution is -2.22. The van der Waals surface area contributed by atoms with Crippen LogP contribution < -0.4 is 10.5 Å². The van der Waals surface area contributed by atoms with Gasteiger partial charge < -0.3 is 9.88 Å². The Morgan fingerprint density at radius 2 is 1.77 bits per heavy atom. The molecule has 1 aromatic heterocycles. The first kappa shape index (κ1) is 18.2. The predicted molar refractivity (Wildman–Crippen MR) is 101 cm³/mol. The first-order valence-electron chi connectivity index (χ1n) is 8.14. The Bertz CT molecular complexity index is 1100. The molecule has 3 aromatic rings. The largest absolute Gasteiger partial charge is 0.348 e. The van der Waals surface area contributed by atoms with Gasteiger partial charge >= 0.3 is 0 Å². The molecule has 0 bridgehead atoms. The van der Waals surface area contributed by atoms with E-state index in [-0.39, 0.29) is 10.8 Å². The third-order valence-corrected chi connectivity index (χ3v) is 5.70. The number of nitrogens with one attached hydrogen (secondary N) is 1. The molecule has 0 fully saturated rings. The second-order valence-electron chi connectivity index (χ2n) is 6.37. The summed E-state index contributed by atoms with van der Waals surface area (Å²) in [5.74, 6) is -0.177. The number of benzene rings is 2. The zero-order valence-electron chi connectivity index (χ0n) is 14.9. The van der Waals surface area contributed by atoms with Crippen molar-refractivity contribution in [2.24, 2.45) is 12.2 Å². The Kier molecular flexibility index (Phi) is 4.60. The van der Waals surface area contributed by atoms with Gasteiger partial charge in [-0.05, 0) is 55.3 Å². The van der Waals surface area contributed by atoms with Crippen LogP contribution >= 0.6 is 0 Å². The fraction of sp³-hybridized carbons (Fsp3) is 0.211. The van der Waals surface area contributed by atoms with Crippen LogP contribution in [0, 0.1) is 13.8 Å². The lowest BCUT2D eigenvalue weighted by Gasteiger charge is -2.07. The fourth-order valence-corrected chi connectivity index (χ4v) is 3.49. The number of amides is 1. The van der Waals surface area contributed by atoms with Crippen molar-refractivity contribution in [3.63, 3.8) is 0 Å². The van der Waals surface area contributed by atoms with E-state index in [1.807, 2.05) is 26.1 Å². The number of hydrogen-bond donors (Lipinski definition) is 2. The molecule has 3 rings (SSSR count). The Morgan fingerprint density at radius 1 is 1.12 bits per heavy atom. The molecule has 0 atom stereocenters. The standard InChI is InChI=1S/C19H21N3O3S/c1-12-13(2)22(3)18-9-6-15(10-17(12)18)19(23)21-11-14-4-7-16(8-5-14)26(20,24)25/h4-10H,11H2,1-3H3,(H,21,23)(H2,20,24,25). The molecule has 1 heterocycles. The van der Waals surface area contributed by atoms with E-state index in [0.717, 1.165) is 22.0 Å². The highest BCUT2D eigenvalue weighted by Crippen LogP contribution is 2.25. The van der Waals surface area contributed by atoms with Crippen LogP contribution in [0.2, 0.25) is 0 Å². The third-order valence-electron chi connectivity index (χ3n) is 4.77. The van der Waals surface area contributed by atoms with E-state index in [2.05, 4.69) is 16.8 Å². The highest BCUT2D eigenvalue weighted by Gasteiger charge is 2.12. The lowest BCUT2D eigenvalue weighted by atomic mass is 10.1. The van der Waals surface area contributed by atoms with Crippen LogP contribution in [0.4, 0.5) is 0 Å². The molecule has 0 spiro atoms. The van der Waals surface area contributed by atoms with Crippen molar-refractivity contribution in [3.8, 4) is 0 Å². The monoisotopic (exact) mass is 371 g/mol. The molecule has 0 aliphatic carbocycles. The van der Waals surface area contributed by atoms with Crippen molar-refractivity contribution >= 4 is 26.8 Å².